The number of aromatic hydroxyl groups is 1. The minimum atomic E-state index is 0.286. The summed E-state index contributed by atoms with van der Waals surface area (Å²) in [5.74, 6) is 1.55. The lowest BCUT2D eigenvalue weighted by Gasteiger charge is -2.31. The Balaban J connectivity index is 1.92. The van der Waals surface area contributed by atoms with Gasteiger partial charge in [-0.25, -0.2) is 0 Å². The van der Waals surface area contributed by atoms with E-state index >= 15 is 0 Å². The molecular weight excluding hydrogens is 254 g/mol. The normalized spacial score (nSPS) is 17.3. The molecule has 20 heavy (non-hydrogen) atoms. The van der Waals surface area contributed by atoms with Crippen LogP contribution in [-0.2, 0) is 11.3 Å². The highest BCUT2D eigenvalue weighted by atomic mass is 16.5. The van der Waals surface area contributed by atoms with Gasteiger partial charge in [-0.3, -0.25) is 4.90 Å². The van der Waals surface area contributed by atoms with Gasteiger partial charge in [0.2, 0.25) is 0 Å². The SMILES string of the molecule is CCOc1cccc(CN2CCC(COC)CC2)c1O. The number of benzene rings is 1. The Morgan fingerprint density at radius 1 is 1.30 bits per heavy atom. The summed E-state index contributed by atoms with van der Waals surface area (Å²) in [6.45, 7) is 6.26. The third kappa shape index (κ3) is 3.87. The number of rotatable bonds is 6. The Kier molecular flexibility index (Phi) is 5.68. The van der Waals surface area contributed by atoms with Crippen LogP contribution in [0.25, 0.3) is 0 Å². The van der Waals surface area contributed by atoms with E-state index in [9.17, 15) is 5.11 Å². The molecule has 1 fully saturated rings. The van der Waals surface area contributed by atoms with Crippen molar-refractivity contribution in [3.05, 3.63) is 23.8 Å². The summed E-state index contributed by atoms with van der Waals surface area (Å²) in [5.41, 5.74) is 0.946. The highest BCUT2D eigenvalue weighted by Gasteiger charge is 2.20. The van der Waals surface area contributed by atoms with Crippen LogP contribution in [0.1, 0.15) is 25.3 Å². The van der Waals surface area contributed by atoms with Crippen LogP contribution in [-0.4, -0.2) is 43.4 Å². The zero-order valence-corrected chi connectivity index (χ0v) is 12.5. The fourth-order valence-electron chi connectivity index (χ4n) is 2.76. The van der Waals surface area contributed by atoms with Gasteiger partial charge in [0.25, 0.3) is 0 Å². The van der Waals surface area contributed by atoms with E-state index in [0.717, 1.165) is 31.8 Å². The molecule has 1 N–H and O–H groups in total. The summed E-state index contributed by atoms with van der Waals surface area (Å²) >= 11 is 0. The Hall–Kier alpha value is -1.26. The topological polar surface area (TPSA) is 41.9 Å². The van der Waals surface area contributed by atoms with Crippen molar-refractivity contribution in [2.75, 3.05) is 33.4 Å². The molecule has 0 atom stereocenters. The molecule has 1 aromatic rings. The summed E-state index contributed by atoms with van der Waals surface area (Å²) in [4.78, 5) is 2.39. The summed E-state index contributed by atoms with van der Waals surface area (Å²) in [7, 11) is 1.77. The molecule has 0 bridgehead atoms. The molecule has 0 amide bonds. The van der Waals surface area contributed by atoms with Gasteiger partial charge in [0.1, 0.15) is 0 Å². The molecule has 0 spiro atoms. The number of para-hydroxylation sites is 1. The molecule has 1 aliphatic heterocycles. The van der Waals surface area contributed by atoms with E-state index in [0.29, 0.717) is 18.3 Å². The Bertz CT molecular complexity index is 414. The van der Waals surface area contributed by atoms with Crippen LogP contribution in [0, 0.1) is 5.92 Å². The molecular formula is C16H25NO3. The first-order valence-electron chi connectivity index (χ1n) is 7.39. The third-order valence-corrected chi connectivity index (χ3v) is 3.89. The van der Waals surface area contributed by atoms with Gasteiger partial charge in [-0.05, 0) is 44.8 Å². The molecule has 0 saturated carbocycles. The molecule has 0 radical (unpaired) electrons. The molecule has 1 heterocycles. The van der Waals surface area contributed by atoms with Crippen molar-refractivity contribution in [2.24, 2.45) is 5.92 Å². The van der Waals surface area contributed by atoms with Crippen molar-refractivity contribution >= 4 is 0 Å². The summed E-state index contributed by atoms with van der Waals surface area (Å²) in [5, 5.41) is 10.2. The smallest absolute Gasteiger partial charge is 0.162 e. The highest BCUT2D eigenvalue weighted by Crippen LogP contribution is 2.31. The molecule has 1 aliphatic rings. The van der Waals surface area contributed by atoms with Crippen LogP contribution < -0.4 is 4.74 Å². The van der Waals surface area contributed by atoms with Crippen LogP contribution in [0.5, 0.6) is 11.5 Å². The van der Waals surface area contributed by atoms with Gasteiger partial charge in [-0.2, -0.15) is 0 Å². The van der Waals surface area contributed by atoms with Crippen LogP contribution in [0.4, 0.5) is 0 Å². The van der Waals surface area contributed by atoms with E-state index in [2.05, 4.69) is 4.90 Å². The van der Waals surface area contributed by atoms with E-state index in [1.54, 1.807) is 7.11 Å². The number of hydrogen-bond donors (Lipinski definition) is 1. The largest absolute Gasteiger partial charge is 0.504 e. The van der Waals surface area contributed by atoms with Crippen molar-refractivity contribution in [1.82, 2.24) is 4.90 Å². The molecule has 0 aromatic heterocycles. The number of ether oxygens (including phenoxy) is 2. The first-order valence-corrected chi connectivity index (χ1v) is 7.39. The lowest BCUT2D eigenvalue weighted by molar-refractivity contribution is 0.0964. The fourth-order valence-corrected chi connectivity index (χ4v) is 2.76. The average Bonchev–Trinajstić information content (AvgIpc) is 2.46. The van der Waals surface area contributed by atoms with Crippen molar-refractivity contribution in [3.63, 3.8) is 0 Å². The Morgan fingerprint density at radius 2 is 2.05 bits per heavy atom. The summed E-state index contributed by atoms with van der Waals surface area (Å²) < 4.78 is 10.7. The second-order valence-electron chi connectivity index (χ2n) is 5.37. The highest BCUT2D eigenvalue weighted by molar-refractivity contribution is 5.45. The van der Waals surface area contributed by atoms with Crippen LogP contribution in [0.15, 0.2) is 18.2 Å². The first kappa shape index (κ1) is 15.1. The molecule has 0 aliphatic carbocycles. The minimum Gasteiger partial charge on any atom is -0.504 e. The van der Waals surface area contributed by atoms with Crippen LogP contribution >= 0.6 is 0 Å². The van der Waals surface area contributed by atoms with Gasteiger partial charge in [0.15, 0.2) is 11.5 Å². The van der Waals surface area contributed by atoms with Gasteiger partial charge in [-0.15, -0.1) is 0 Å². The quantitative estimate of drug-likeness (QED) is 0.869. The van der Waals surface area contributed by atoms with Crippen molar-refractivity contribution in [1.29, 1.82) is 0 Å². The van der Waals surface area contributed by atoms with Crippen molar-refractivity contribution < 1.29 is 14.6 Å². The predicted molar refractivity (Wildman–Crippen MR) is 79.2 cm³/mol. The summed E-state index contributed by atoms with van der Waals surface area (Å²) in [6.07, 6.45) is 2.33. The molecule has 1 aromatic carbocycles. The van der Waals surface area contributed by atoms with E-state index in [-0.39, 0.29) is 5.75 Å². The van der Waals surface area contributed by atoms with Gasteiger partial charge < -0.3 is 14.6 Å². The number of phenolic OH excluding ortho intramolecular Hbond substituents is 1. The molecule has 112 valence electrons. The zero-order chi connectivity index (χ0) is 14.4. The predicted octanol–water partition coefficient (Wildman–Crippen LogP) is 2.65. The number of hydrogen-bond acceptors (Lipinski definition) is 4. The molecule has 4 heteroatoms. The van der Waals surface area contributed by atoms with E-state index in [4.69, 9.17) is 9.47 Å². The second-order valence-corrected chi connectivity index (χ2v) is 5.37. The van der Waals surface area contributed by atoms with Crippen LogP contribution in [0.3, 0.4) is 0 Å². The molecule has 1 saturated heterocycles. The minimum absolute atomic E-state index is 0.286. The number of nitrogens with zero attached hydrogens (tertiary/aromatic N) is 1. The number of piperidine rings is 1. The monoisotopic (exact) mass is 279 g/mol. The zero-order valence-electron chi connectivity index (χ0n) is 12.5. The first-order chi connectivity index (χ1) is 9.74. The van der Waals surface area contributed by atoms with Gasteiger partial charge in [0.05, 0.1) is 6.61 Å². The van der Waals surface area contributed by atoms with Crippen LogP contribution in [0.2, 0.25) is 0 Å². The molecule has 2 rings (SSSR count). The summed E-state index contributed by atoms with van der Waals surface area (Å²) in [6, 6.07) is 5.73. The Labute approximate surface area is 121 Å². The fraction of sp³-hybridized carbons (Fsp3) is 0.625. The van der Waals surface area contributed by atoms with Gasteiger partial charge in [-0.1, -0.05) is 12.1 Å². The Morgan fingerprint density at radius 3 is 2.70 bits per heavy atom. The van der Waals surface area contributed by atoms with E-state index in [1.807, 2.05) is 25.1 Å². The number of methoxy groups -OCH3 is 1. The van der Waals surface area contributed by atoms with Gasteiger partial charge in [0, 0.05) is 25.8 Å². The molecule has 4 nitrogen and oxygen atoms in total. The van der Waals surface area contributed by atoms with E-state index in [1.165, 1.54) is 12.8 Å². The number of phenols is 1. The lowest BCUT2D eigenvalue weighted by atomic mass is 9.97. The maximum absolute atomic E-state index is 10.2. The lowest BCUT2D eigenvalue weighted by Crippen LogP contribution is -2.34. The third-order valence-electron chi connectivity index (χ3n) is 3.89. The number of likely N-dealkylation sites (tertiary alicyclic amines) is 1. The standard InChI is InChI=1S/C16H25NO3/c1-3-20-15-6-4-5-14(16(15)18)11-17-9-7-13(8-10-17)12-19-2/h4-6,13,18H,3,7-12H2,1-2H3. The average molecular weight is 279 g/mol. The second kappa shape index (κ2) is 7.50. The van der Waals surface area contributed by atoms with E-state index < -0.39 is 0 Å². The molecule has 0 unspecified atom stereocenters. The van der Waals surface area contributed by atoms with Crippen molar-refractivity contribution in [2.45, 2.75) is 26.3 Å². The maximum atomic E-state index is 10.2. The van der Waals surface area contributed by atoms with Gasteiger partial charge >= 0.3 is 0 Å². The maximum Gasteiger partial charge on any atom is 0.162 e. The van der Waals surface area contributed by atoms with Crippen molar-refractivity contribution in [3.8, 4) is 11.5 Å².